The van der Waals surface area contributed by atoms with Crippen LogP contribution in [0.25, 0.3) is 10.9 Å². The minimum absolute atomic E-state index is 0.0123. The number of ether oxygens (including phenoxy) is 1. The number of aromatic nitrogens is 3. The first-order chi connectivity index (χ1) is 14.5. The molecule has 0 bridgehead atoms. The van der Waals surface area contributed by atoms with Crippen LogP contribution in [-0.4, -0.2) is 46.0 Å². The van der Waals surface area contributed by atoms with Gasteiger partial charge in [0.05, 0.1) is 5.52 Å². The summed E-state index contributed by atoms with van der Waals surface area (Å²) in [5, 5.41) is 1.24. The zero-order valence-electron chi connectivity index (χ0n) is 17.3. The van der Waals surface area contributed by atoms with Crippen molar-refractivity contribution in [3.63, 3.8) is 0 Å². The van der Waals surface area contributed by atoms with Gasteiger partial charge in [-0.05, 0) is 43.9 Å². The fourth-order valence-electron chi connectivity index (χ4n) is 4.85. The lowest BCUT2D eigenvalue weighted by atomic mass is 10.1. The molecule has 5 rings (SSSR count). The maximum Gasteiger partial charge on any atom is 0.277 e. The molecule has 30 heavy (non-hydrogen) atoms. The summed E-state index contributed by atoms with van der Waals surface area (Å²) >= 11 is 0. The van der Waals surface area contributed by atoms with E-state index in [0.29, 0.717) is 32.0 Å². The SMILES string of the molecule is Cn1ccnc1S(=O)(=O)N1CCC(Oc2cccc3c2ccn3C2CCCC2)CC1. The molecule has 1 saturated heterocycles. The maximum atomic E-state index is 12.8. The number of hydrogen-bond donors (Lipinski definition) is 0. The number of rotatable bonds is 5. The van der Waals surface area contributed by atoms with Gasteiger partial charge in [-0.1, -0.05) is 18.9 Å². The summed E-state index contributed by atoms with van der Waals surface area (Å²) in [7, 11) is -1.86. The molecule has 2 aliphatic rings. The van der Waals surface area contributed by atoms with Crippen LogP contribution in [0.3, 0.4) is 0 Å². The van der Waals surface area contributed by atoms with E-state index in [-0.39, 0.29) is 11.3 Å². The van der Waals surface area contributed by atoms with Crippen molar-refractivity contribution in [3.8, 4) is 5.75 Å². The van der Waals surface area contributed by atoms with Crippen LogP contribution in [0.2, 0.25) is 0 Å². The number of benzene rings is 1. The number of sulfonamides is 1. The number of hydrogen-bond acceptors (Lipinski definition) is 4. The summed E-state index contributed by atoms with van der Waals surface area (Å²) in [6.07, 6.45) is 11.8. The normalized spacial score (nSPS) is 19.6. The average molecular weight is 429 g/mol. The molecular formula is C22H28N4O3S. The van der Waals surface area contributed by atoms with Crippen LogP contribution in [0.4, 0.5) is 0 Å². The molecule has 0 amide bonds. The Kier molecular flexibility index (Phi) is 5.06. The highest BCUT2D eigenvalue weighted by Gasteiger charge is 2.32. The topological polar surface area (TPSA) is 69.4 Å². The molecule has 2 fully saturated rings. The van der Waals surface area contributed by atoms with Gasteiger partial charge in [0.1, 0.15) is 11.9 Å². The summed E-state index contributed by atoms with van der Waals surface area (Å²) in [6, 6.07) is 9.01. The van der Waals surface area contributed by atoms with Crippen molar-refractivity contribution in [2.75, 3.05) is 13.1 Å². The Balaban J connectivity index is 1.29. The molecule has 0 radical (unpaired) electrons. The van der Waals surface area contributed by atoms with Crippen LogP contribution in [0.1, 0.15) is 44.6 Å². The maximum absolute atomic E-state index is 12.8. The van der Waals surface area contributed by atoms with Gasteiger partial charge < -0.3 is 13.9 Å². The standard InChI is InChI=1S/C22H28N4O3S/c1-24-16-12-23-22(24)30(27,28)25-13-9-18(10-14-25)29-21-8-4-7-20-19(21)11-15-26(20)17-5-2-3-6-17/h4,7-8,11-12,15-18H,2-3,5-6,9-10,13-14H2,1H3. The van der Waals surface area contributed by atoms with Crippen LogP contribution >= 0.6 is 0 Å². The summed E-state index contributed by atoms with van der Waals surface area (Å²) in [5.74, 6) is 0.898. The van der Waals surface area contributed by atoms with E-state index in [2.05, 4.69) is 33.9 Å². The molecule has 160 valence electrons. The molecule has 3 aromatic rings. The van der Waals surface area contributed by atoms with E-state index in [4.69, 9.17) is 4.74 Å². The number of nitrogens with zero attached hydrogens (tertiary/aromatic N) is 4. The lowest BCUT2D eigenvalue weighted by Gasteiger charge is -2.31. The third-order valence-electron chi connectivity index (χ3n) is 6.48. The molecule has 3 heterocycles. The van der Waals surface area contributed by atoms with Crippen LogP contribution in [0.5, 0.6) is 5.75 Å². The minimum Gasteiger partial charge on any atom is -0.490 e. The molecule has 0 unspecified atom stereocenters. The number of aryl methyl sites for hydroxylation is 1. The quantitative estimate of drug-likeness (QED) is 0.621. The van der Waals surface area contributed by atoms with E-state index < -0.39 is 10.0 Å². The smallest absolute Gasteiger partial charge is 0.277 e. The molecule has 1 aliphatic heterocycles. The first-order valence-electron chi connectivity index (χ1n) is 10.8. The highest BCUT2D eigenvalue weighted by atomic mass is 32.2. The van der Waals surface area contributed by atoms with E-state index in [1.807, 2.05) is 6.07 Å². The average Bonchev–Trinajstić information content (AvgIpc) is 3.49. The van der Waals surface area contributed by atoms with Crippen molar-refractivity contribution in [2.45, 2.75) is 55.8 Å². The fourth-order valence-corrected chi connectivity index (χ4v) is 6.39. The number of piperidine rings is 1. The molecule has 2 aromatic heterocycles. The Labute approximate surface area is 177 Å². The van der Waals surface area contributed by atoms with Gasteiger partial charge in [0.2, 0.25) is 5.16 Å². The van der Waals surface area contributed by atoms with E-state index in [1.54, 1.807) is 17.8 Å². The molecule has 0 spiro atoms. The van der Waals surface area contributed by atoms with Crippen molar-refractivity contribution >= 4 is 20.9 Å². The van der Waals surface area contributed by atoms with Crippen molar-refractivity contribution in [2.24, 2.45) is 7.05 Å². The molecule has 1 saturated carbocycles. The van der Waals surface area contributed by atoms with E-state index in [1.165, 1.54) is 41.7 Å². The van der Waals surface area contributed by atoms with Gasteiger partial charge in [-0.25, -0.2) is 13.4 Å². The van der Waals surface area contributed by atoms with Gasteiger partial charge in [0.15, 0.2) is 0 Å². The summed E-state index contributed by atoms with van der Waals surface area (Å²) in [5.41, 5.74) is 1.23. The lowest BCUT2D eigenvalue weighted by molar-refractivity contribution is 0.136. The van der Waals surface area contributed by atoms with Gasteiger partial charge in [0.25, 0.3) is 10.0 Å². The van der Waals surface area contributed by atoms with Crippen LogP contribution < -0.4 is 4.74 Å². The monoisotopic (exact) mass is 428 g/mol. The van der Waals surface area contributed by atoms with Gasteiger partial charge >= 0.3 is 0 Å². The van der Waals surface area contributed by atoms with Gasteiger partial charge in [-0.2, -0.15) is 4.31 Å². The fraction of sp³-hybridized carbons (Fsp3) is 0.500. The molecule has 8 heteroatoms. The van der Waals surface area contributed by atoms with Crippen molar-refractivity contribution in [1.29, 1.82) is 0 Å². The summed E-state index contributed by atoms with van der Waals surface area (Å²) in [4.78, 5) is 4.02. The highest BCUT2D eigenvalue weighted by molar-refractivity contribution is 7.89. The van der Waals surface area contributed by atoms with Crippen molar-refractivity contribution in [1.82, 2.24) is 18.4 Å². The largest absolute Gasteiger partial charge is 0.490 e. The Morgan fingerprint density at radius 1 is 1.03 bits per heavy atom. The second-order valence-corrected chi connectivity index (χ2v) is 10.2. The molecule has 1 aliphatic carbocycles. The van der Waals surface area contributed by atoms with Crippen LogP contribution in [0.15, 0.2) is 48.0 Å². The van der Waals surface area contributed by atoms with Gasteiger partial charge in [0, 0.05) is 50.2 Å². The van der Waals surface area contributed by atoms with E-state index in [0.717, 1.165) is 11.1 Å². The Hall–Kier alpha value is -2.32. The highest BCUT2D eigenvalue weighted by Crippen LogP contribution is 2.36. The second-order valence-electron chi connectivity index (χ2n) is 8.39. The van der Waals surface area contributed by atoms with Crippen LogP contribution in [-0.2, 0) is 17.1 Å². The first kappa shape index (κ1) is 19.6. The number of imidazole rings is 1. The van der Waals surface area contributed by atoms with Crippen LogP contribution in [0, 0.1) is 0 Å². The Morgan fingerprint density at radius 2 is 1.80 bits per heavy atom. The third kappa shape index (κ3) is 3.41. The van der Waals surface area contributed by atoms with E-state index >= 15 is 0 Å². The molecule has 1 aromatic carbocycles. The first-order valence-corrected chi connectivity index (χ1v) is 12.2. The predicted molar refractivity (Wildman–Crippen MR) is 115 cm³/mol. The summed E-state index contributed by atoms with van der Waals surface area (Å²) in [6.45, 7) is 0.887. The van der Waals surface area contributed by atoms with E-state index in [9.17, 15) is 8.42 Å². The molecule has 0 N–H and O–H groups in total. The minimum atomic E-state index is -3.56. The second kappa shape index (κ2) is 7.74. The lowest BCUT2D eigenvalue weighted by Crippen LogP contribution is -2.42. The van der Waals surface area contributed by atoms with Crippen molar-refractivity contribution < 1.29 is 13.2 Å². The predicted octanol–water partition coefficient (Wildman–Crippen LogP) is 3.72. The Bertz CT molecular complexity index is 1140. The summed E-state index contributed by atoms with van der Waals surface area (Å²) < 4.78 is 37.5. The zero-order chi connectivity index (χ0) is 20.7. The Morgan fingerprint density at radius 3 is 2.50 bits per heavy atom. The zero-order valence-corrected chi connectivity index (χ0v) is 18.1. The van der Waals surface area contributed by atoms with Crippen molar-refractivity contribution in [3.05, 3.63) is 42.9 Å². The number of fused-ring (bicyclic) bond motifs is 1. The molecular weight excluding hydrogens is 400 g/mol. The van der Waals surface area contributed by atoms with Gasteiger partial charge in [-0.15, -0.1) is 0 Å². The molecule has 7 nitrogen and oxygen atoms in total. The molecule has 0 atom stereocenters. The van der Waals surface area contributed by atoms with Gasteiger partial charge in [-0.3, -0.25) is 0 Å². The third-order valence-corrected chi connectivity index (χ3v) is 8.38.